The van der Waals surface area contributed by atoms with Gasteiger partial charge in [-0.1, -0.05) is 25.4 Å². The zero-order chi connectivity index (χ0) is 16.9. The molecule has 1 aromatic rings. The van der Waals surface area contributed by atoms with E-state index in [9.17, 15) is 9.59 Å². The topological polar surface area (TPSA) is 84.2 Å². The molecule has 130 valence electrons. The first-order valence-corrected chi connectivity index (χ1v) is 7.71. The summed E-state index contributed by atoms with van der Waals surface area (Å²) in [6.45, 7) is 7.90. The smallest absolute Gasteiger partial charge is 0.253 e. The molecule has 0 aliphatic carbocycles. The van der Waals surface area contributed by atoms with E-state index in [-0.39, 0.29) is 42.2 Å². The Hall–Kier alpha value is -1.30. The summed E-state index contributed by atoms with van der Waals surface area (Å²) in [5.74, 6) is -0.694. The molecule has 2 amide bonds. The number of nitrogens with two attached hydrogens (primary N) is 1. The normalized spacial score (nSPS) is 12.1. The van der Waals surface area contributed by atoms with Crippen LogP contribution < -0.4 is 16.4 Å². The Kier molecular flexibility index (Phi) is 8.59. The molecule has 1 atom stereocenters. The van der Waals surface area contributed by atoms with E-state index in [1.165, 1.54) is 0 Å². The van der Waals surface area contributed by atoms with Crippen molar-refractivity contribution in [2.24, 2.45) is 11.7 Å². The Morgan fingerprint density at radius 1 is 1.35 bits per heavy atom. The highest BCUT2D eigenvalue weighted by Gasteiger charge is 2.20. The van der Waals surface area contributed by atoms with E-state index < -0.39 is 0 Å². The van der Waals surface area contributed by atoms with Gasteiger partial charge in [-0.15, -0.1) is 12.4 Å². The van der Waals surface area contributed by atoms with Gasteiger partial charge < -0.3 is 16.4 Å². The monoisotopic (exact) mass is 361 g/mol. The highest BCUT2D eigenvalue weighted by Crippen LogP contribution is 2.22. The van der Waals surface area contributed by atoms with E-state index in [0.717, 1.165) is 6.42 Å². The van der Waals surface area contributed by atoms with Gasteiger partial charge in [-0.25, -0.2) is 0 Å². The Labute approximate surface area is 148 Å². The molecule has 7 heteroatoms. The van der Waals surface area contributed by atoms with Crippen LogP contribution in [-0.2, 0) is 4.79 Å². The van der Waals surface area contributed by atoms with Crippen molar-refractivity contribution in [1.82, 2.24) is 5.32 Å². The molecule has 0 aromatic heterocycles. The number of rotatable bonds is 6. The van der Waals surface area contributed by atoms with Crippen LogP contribution in [0.4, 0.5) is 5.69 Å². The van der Waals surface area contributed by atoms with E-state index in [4.69, 9.17) is 17.3 Å². The van der Waals surface area contributed by atoms with Crippen LogP contribution in [0.25, 0.3) is 0 Å². The maximum Gasteiger partial charge on any atom is 0.253 e. The molecule has 1 aromatic carbocycles. The first-order valence-electron chi connectivity index (χ1n) is 7.33. The number of carbonyl (C=O) groups is 2. The lowest BCUT2D eigenvalue weighted by Gasteiger charge is -2.24. The minimum atomic E-state index is -0.302. The van der Waals surface area contributed by atoms with Crippen LogP contribution in [0.2, 0.25) is 5.02 Å². The van der Waals surface area contributed by atoms with Crippen molar-refractivity contribution in [2.45, 2.75) is 39.7 Å². The van der Waals surface area contributed by atoms with Crippen LogP contribution in [0.5, 0.6) is 0 Å². The number of nitrogens with one attached hydrogen (secondary N) is 2. The molecular weight excluding hydrogens is 337 g/mol. The summed E-state index contributed by atoms with van der Waals surface area (Å²) >= 11 is 6.16. The SMILES string of the molecule is CCC(C)(C)NC(=O)c1ccc(NC(=O)C(C)CN)cc1Cl.Cl. The largest absolute Gasteiger partial charge is 0.347 e. The van der Waals surface area contributed by atoms with Gasteiger partial charge in [0.1, 0.15) is 0 Å². The van der Waals surface area contributed by atoms with Gasteiger partial charge in [0.15, 0.2) is 0 Å². The highest BCUT2D eigenvalue weighted by molar-refractivity contribution is 6.34. The van der Waals surface area contributed by atoms with E-state index in [1.54, 1.807) is 25.1 Å². The minimum Gasteiger partial charge on any atom is -0.347 e. The zero-order valence-corrected chi connectivity index (χ0v) is 15.5. The van der Waals surface area contributed by atoms with Gasteiger partial charge in [0.05, 0.1) is 10.6 Å². The van der Waals surface area contributed by atoms with Crippen molar-refractivity contribution in [2.75, 3.05) is 11.9 Å². The predicted molar refractivity (Wildman–Crippen MR) is 97.4 cm³/mol. The lowest BCUT2D eigenvalue weighted by Crippen LogP contribution is -2.42. The van der Waals surface area contributed by atoms with Crippen LogP contribution in [0.3, 0.4) is 0 Å². The number of carbonyl (C=O) groups excluding carboxylic acids is 2. The van der Waals surface area contributed by atoms with Gasteiger partial charge in [0.2, 0.25) is 5.91 Å². The first-order chi connectivity index (χ1) is 10.2. The van der Waals surface area contributed by atoms with Gasteiger partial charge in [0.25, 0.3) is 5.91 Å². The zero-order valence-electron chi connectivity index (χ0n) is 13.9. The number of amides is 2. The molecule has 0 aliphatic heterocycles. The number of hydrogen-bond donors (Lipinski definition) is 3. The Morgan fingerprint density at radius 2 is 1.96 bits per heavy atom. The first kappa shape index (κ1) is 21.7. The molecule has 0 saturated heterocycles. The fourth-order valence-electron chi connectivity index (χ4n) is 1.61. The molecule has 23 heavy (non-hydrogen) atoms. The van der Waals surface area contributed by atoms with Gasteiger partial charge in [0, 0.05) is 23.7 Å². The summed E-state index contributed by atoms with van der Waals surface area (Å²) in [5, 5.41) is 5.94. The molecule has 4 N–H and O–H groups in total. The molecule has 0 fully saturated rings. The van der Waals surface area contributed by atoms with E-state index in [2.05, 4.69) is 10.6 Å². The molecular formula is C16H25Cl2N3O2. The van der Waals surface area contributed by atoms with E-state index in [0.29, 0.717) is 16.3 Å². The molecule has 0 aliphatic rings. The van der Waals surface area contributed by atoms with Crippen LogP contribution in [-0.4, -0.2) is 23.9 Å². The number of benzene rings is 1. The molecule has 5 nitrogen and oxygen atoms in total. The Morgan fingerprint density at radius 3 is 2.43 bits per heavy atom. The molecule has 0 spiro atoms. The van der Waals surface area contributed by atoms with E-state index >= 15 is 0 Å². The maximum absolute atomic E-state index is 12.2. The lowest BCUT2D eigenvalue weighted by molar-refractivity contribution is -0.119. The molecule has 0 radical (unpaired) electrons. The van der Waals surface area contributed by atoms with Crippen molar-refractivity contribution in [3.63, 3.8) is 0 Å². The third-order valence-corrected chi connectivity index (χ3v) is 3.93. The molecule has 1 rings (SSSR count). The van der Waals surface area contributed by atoms with Crippen LogP contribution in [0, 0.1) is 5.92 Å². The van der Waals surface area contributed by atoms with Crippen LogP contribution >= 0.6 is 24.0 Å². The van der Waals surface area contributed by atoms with Gasteiger partial charge >= 0.3 is 0 Å². The van der Waals surface area contributed by atoms with Gasteiger partial charge in [-0.2, -0.15) is 0 Å². The number of anilines is 1. The van der Waals surface area contributed by atoms with Crippen molar-refractivity contribution in [3.8, 4) is 0 Å². The van der Waals surface area contributed by atoms with Crippen molar-refractivity contribution in [1.29, 1.82) is 0 Å². The van der Waals surface area contributed by atoms with Gasteiger partial charge in [-0.3, -0.25) is 9.59 Å². The second-order valence-electron chi connectivity index (χ2n) is 6.01. The maximum atomic E-state index is 12.2. The quantitative estimate of drug-likeness (QED) is 0.727. The average molecular weight is 362 g/mol. The summed E-state index contributed by atoms with van der Waals surface area (Å²) in [7, 11) is 0. The van der Waals surface area contributed by atoms with E-state index in [1.807, 2.05) is 20.8 Å². The Bertz CT molecular complexity index is 562. The third-order valence-electron chi connectivity index (χ3n) is 3.62. The average Bonchev–Trinajstić information content (AvgIpc) is 2.45. The van der Waals surface area contributed by atoms with Crippen molar-refractivity contribution in [3.05, 3.63) is 28.8 Å². The lowest BCUT2D eigenvalue weighted by atomic mass is 10.0. The van der Waals surface area contributed by atoms with Crippen molar-refractivity contribution >= 4 is 41.5 Å². The summed E-state index contributed by atoms with van der Waals surface area (Å²) in [5.41, 5.74) is 6.08. The molecule has 0 saturated carbocycles. The highest BCUT2D eigenvalue weighted by atomic mass is 35.5. The molecule has 1 unspecified atom stereocenters. The minimum absolute atomic E-state index is 0. The fraction of sp³-hybridized carbons (Fsp3) is 0.500. The summed E-state index contributed by atoms with van der Waals surface area (Å²) in [4.78, 5) is 24.0. The molecule has 0 heterocycles. The second kappa shape index (κ2) is 9.11. The van der Waals surface area contributed by atoms with Crippen molar-refractivity contribution < 1.29 is 9.59 Å². The van der Waals surface area contributed by atoms with Crippen LogP contribution in [0.1, 0.15) is 44.5 Å². The number of halogens is 2. The second-order valence-corrected chi connectivity index (χ2v) is 6.42. The summed E-state index contributed by atoms with van der Waals surface area (Å²) < 4.78 is 0. The number of hydrogen-bond acceptors (Lipinski definition) is 3. The Balaban J connectivity index is 0.00000484. The summed E-state index contributed by atoms with van der Waals surface area (Å²) in [6, 6.07) is 4.82. The van der Waals surface area contributed by atoms with Gasteiger partial charge in [-0.05, 0) is 38.5 Å². The third kappa shape index (κ3) is 6.37. The predicted octanol–water partition coefficient (Wildman–Crippen LogP) is 3.21. The van der Waals surface area contributed by atoms with Crippen LogP contribution in [0.15, 0.2) is 18.2 Å². The molecule has 0 bridgehead atoms. The summed E-state index contributed by atoms with van der Waals surface area (Å²) in [6.07, 6.45) is 0.807. The fourth-order valence-corrected chi connectivity index (χ4v) is 1.88. The standard InChI is InChI=1S/C16H24ClN3O2.ClH/c1-5-16(3,4)20-15(22)12-7-6-11(8-13(12)17)19-14(21)10(2)9-18;/h6-8,10H,5,9,18H2,1-4H3,(H,19,21)(H,20,22);1H.